The lowest BCUT2D eigenvalue weighted by atomic mass is 10.3. The Kier molecular flexibility index (Phi) is 7.61. The van der Waals surface area contributed by atoms with Crippen molar-refractivity contribution in [3.63, 3.8) is 0 Å². The minimum absolute atomic E-state index is 0.128. The third-order valence-corrected chi connectivity index (χ3v) is 4.08. The zero-order valence-corrected chi connectivity index (χ0v) is 15.5. The number of aromatic nitrogens is 4. The highest BCUT2D eigenvalue weighted by Gasteiger charge is 2.31. The molecular weight excluding hydrogens is 401 g/mol. The number of hydrogen-bond acceptors (Lipinski definition) is 7. The first-order chi connectivity index (χ1) is 13.3. The summed E-state index contributed by atoms with van der Waals surface area (Å²) < 4.78 is 41.7. The maximum absolute atomic E-state index is 12.2. The van der Waals surface area contributed by atoms with E-state index in [1.54, 1.807) is 0 Å². The van der Waals surface area contributed by atoms with Crippen molar-refractivity contribution in [2.24, 2.45) is 0 Å². The van der Waals surface area contributed by atoms with Crippen LogP contribution in [-0.2, 0) is 4.79 Å². The summed E-state index contributed by atoms with van der Waals surface area (Å²) in [6.45, 7) is 2.44. The highest BCUT2D eigenvalue weighted by Crippen LogP contribution is 2.24. The Morgan fingerprint density at radius 2 is 1.96 bits per heavy atom. The number of amides is 3. The number of tetrazole rings is 1. The van der Waals surface area contributed by atoms with Crippen LogP contribution in [0, 0.1) is 0 Å². The number of ether oxygens (including phenoxy) is 1. The molecule has 1 aromatic carbocycles. The molecule has 3 amide bonds. The largest absolute Gasteiger partial charge is 0.573 e. The molecule has 0 radical (unpaired) electrons. The van der Waals surface area contributed by atoms with Gasteiger partial charge in [0.25, 0.3) is 0 Å². The van der Waals surface area contributed by atoms with Gasteiger partial charge < -0.3 is 10.1 Å². The van der Waals surface area contributed by atoms with Gasteiger partial charge in [-0.05, 0) is 41.1 Å². The second-order valence-electron chi connectivity index (χ2n) is 5.36. The minimum atomic E-state index is -4.78. The number of benzene rings is 1. The molecule has 9 nitrogen and oxygen atoms in total. The number of rotatable bonds is 8. The first kappa shape index (κ1) is 21.5. The molecule has 28 heavy (non-hydrogen) atoms. The number of unbranched alkanes of at least 4 members (excludes halogenated alkanes) is 1. The van der Waals surface area contributed by atoms with Gasteiger partial charge in [-0.15, -0.1) is 18.3 Å². The summed E-state index contributed by atoms with van der Waals surface area (Å²) in [4.78, 5) is 23.3. The molecule has 0 spiro atoms. The Morgan fingerprint density at radius 1 is 1.25 bits per heavy atom. The van der Waals surface area contributed by atoms with Crippen LogP contribution in [0.25, 0.3) is 5.69 Å². The molecule has 0 atom stereocenters. The first-order valence-corrected chi connectivity index (χ1v) is 9.12. The van der Waals surface area contributed by atoms with Gasteiger partial charge in [0.2, 0.25) is 11.1 Å². The van der Waals surface area contributed by atoms with Crippen LogP contribution in [0.1, 0.15) is 19.8 Å². The number of carbonyl (C=O) groups is 2. The van der Waals surface area contributed by atoms with E-state index >= 15 is 0 Å². The number of halogens is 3. The Balaban J connectivity index is 1.91. The molecule has 13 heteroatoms. The molecule has 0 bridgehead atoms. The van der Waals surface area contributed by atoms with Gasteiger partial charge in [-0.2, -0.15) is 4.68 Å². The lowest BCUT2D eigenvalue weighted by Crippen LogP contribution is -2.40. The smallest absolute Gasteiger partial charge is 0.406 e. The van der Waals surface area contributed by atoms with Gasteiger partial charge >= 0.3 is 12.4 Å². The predicted molar refractivity (Wildman–Crippen MR) is 93.0 cm³/mol. The zero-order valence-electron chi connectivity index (χ0n) is 14.7. The second-order valence-corrected chi connectivity index (χ2v) is 6.30. The van der Waals surface area contributed by atoms with E-state index in [1.807, 2.05) is 6.92 Å². The molecule has 2 N–H and O–H groups in total. The fraction of sp³-hybridized carbons (Fsp3) is 0.400. The van der Waals surface area contributed by atoms with Crippen LogP contribution in [0.15, 0.2) is 29.4 Å². The molecule has 0 aliphatic carbocycles. The van der Waals surface area contributed by atoms with Gasteiger partial charge in [0.05, 0.1) is 11.4 Å². The summed E-state index contributed by atoms with van der Waals surface area (Å²) in [7, 11) is 0. The van der Waals surface area contributed by atoms with E-state index < -0.39 is 18.3 Å². The normalized spacial score (nSPS) is 11.1. The van der Waals surface area contributed by atoms with E-state index in [9.17, 15) is 22.8 Å². The minimum Gasteiger partial charge on any atom is -0.406 e. The molecule has 0 saturated heterocycles. The average Bonchev–Trinajstić information content (AvgIpc) is 3.08. The third kappa shape index (κ3) is 7.06. The van der Waals surface area contributed by atoms with Crippen LogP contribution < -0.4 is 15.4 Å². The van der Waals surface area contributed by atoms with Crippen molar-refractivity contribution < 1.29 is 27.5 Å². The Hall–Kier alpha value is -2.83. The van der Waals surface area contributed by atoms with E-state index in [-0.39, 0.29) is 16.7 Å². The molecule has 152 valence electrons. The number of hydrogen-bond donors (Lipinski definition) is 2. The molecule has 1 aromatic heterocycles. The summed E-state index contributed by atoms with van der Waals surface area (Å²) in [6, 6.07) is 4.32. The van der Waals surface area contributed by atoms with Gasteiger partial charge in [0, 0.05) is 6.54 Å². The van der Waals surface area contributed by atoms with Gasteiger partial charge in [0.1, 0.15) is 5.75 Å². The van der Waals surface area contributed by atoms with E-state index in [1.165, 1.54) is 16.8 Å². The topological polar surface area (TPSA) is 111 Å². The number of carbonyl (C=O) groups excluding carboxylic acids is 2. The SMILES string of the molecule is CCCCNC(=O)NC(=O)CSc1nnnn1-c1ccc(OC(F)(F)F)cc1. The van der Waals surface area contributed by atoms with Crippen LogP contribution in [0.3, 0.4) is 0 Å². The first-order valence-electron chi connectivity index (χ1n) is 8.13. The fourth-order valence-electron chi connectivity index (χ4n) is 1.94. The number of urea groups is 1. The molecule has 0 aliphatic heterocycles. The van der Waals surface area contributed by atoms with Crippen LogP contribution in [0.5, 0.6) is 5.75 Å². The number of imide groups is 1. The standard InChI is InChI=1S/C15H17F3N6O3S/c1-2-3-8-19-13(26)20-12(25)9-28-14-21-22-23-24(14)10-4-6-11(7-5-10)27-15(16,17)18/h4-7H,2-3,8-9H2,1H3,(H2,19,20,25,26). The second kappa shape index (κ2) is 9.92. The van der Waals surface area contributed by atoms with Crippen molar-refractivity contribution >= 4 is 23.7 Å². The van der Waals surface area contributed by atoms with Crippen molar-refractivity contribution in [3.8, 4) is 11.4 Å². The number of nitrogens with one attached hydrogen (secondary N) is 2. The summed E-state index contributed by atoms with van der Waals surface area (Å²) in [5.74, 6) is -1.05. The molecule has 2 aromatic rings. The highest BCUT2D eigenvalue weighted by atomic mass is 32.2. The Morgan fingerprint density at radius 3 is 2.61 bits per heavy atom. The predicted octanol–water partition coefficient (Wildman–Crippen LogP) is 2.28. The van der Waals surface area contributed by atoms with Crippen LogP contribution in [0.4, 0.5) is 18.0 Å². The zero-order chi connectivity index (χ0) is 20.6. The average molecular weight is 418 g/mol. The quantitative estimate of drug-likeness (QED) is 0.500. The van der Waals surface area contributed by atoms with Gasteiger partial charge in [-0.1, -0.05) is 25.1 Å². The van der Waals surface area contributed by atoms with Gasteiger partial charge in [-0.3, -0.25) is 10.1 Å². The fourth-order valence-corrected chi connectivity index (χ4v) is 2.63. The highest BCUT2D eigenvalue weighted by molar-refractivity contribution is 7.99. The summed E-state index contributed by atoms with van der Waals surface area (Å²) in [5.41, 5.74) is 0.375. The maximum Gasteiger partial charge on any atom is 0.573 e. The molecule has 0 unspecified atom stereocenters. The van der Waals surface area contributed by atoms with Crippen molar-refractivity contribution in [3.05, 3.63) is 24.3 Å². The molecule has 0 aliphatic rings. The van der Waals surface area contributed by atoms with E-state index in [4.69, 9.17) is 0 Å². The van der Waals surface area contributed by atoms with Gasteiger partial charge in [-0.25, -0.2) is 4.79 Å². The van der Waals surface area contributed by atoms with E-state index in [0.717, 1.165) is 36.7 Å². The molecule has 0 saturated carbocycles. The summed E-state index contributed by atoms with van der Waals surface area (Å²) >= 11 is 0.965. The van der Waals surface area contributed by atoms with Crippen molar-refractivity contribution in [1.82, 2.24) is 30.8 Å². The lowest BCUT2D eigenvalue weighted by Gasteiger charge is -2.09. The third-order valence-electron chi connectivity index (χ3n) is 3.16. The molecular formula is C15H17F3N6O3S. The van der Waals surface area contributed by atoms with E-state index in [0.29, 0.717) is 12.2 Å². The number of alkyl halides is 3. The van der Waals surface area contributed by atoms with Crippen LogP contribution >= 0.6 is 11.8 Å². The molecule has 2 rings (SSSR count). The van der Waals surface area contributed by atoms with Crippen LogP contribution in [-0.4, -0.2) is 50.8 Å². The number of thioether (sulfide) groups is 1. The van der Waals surface area contributed by atoms with Crippen molar-refractivity contribution in [1.29, 1.82) is 0 Å². The van der Waals surface area contributed by atoms with Crippen molar-refractivity contribution in [2.45, 2.75) is 31.3 Å². The monoisotopic (exact) mass is 418 g/mol. The van der Waals surface area contributed by atoms with Crippen LogP contribution in [0.2, 0.25) is 0 Å². The molecule has 0 fully saturated rings. The Bertz CT molecular complexity index is 797. The Labute approximate surface area is 162 Å². The molecule has 1 heterocycles. The van der Waals surface area contributed by atoms with Gasteiger partial charge in [0.15, 0.2) is 0 Å². The van der Waals surface area contributed by atoms with Crippen molar-refractivity contribution in [2.75, 3.05) is 12.3 Å². The van der Waals surface area contributed by atoms with E-state index in [2.05, 4.69) is 30.9 Å². The number of nitrogens with zero attached hydrogens (tertiary/aromatic N) is 4. The summed E-state index contributed by atoms with van der Waals surface area (Å²) in [6.07, 6.45) is -3.07. The maximum atomic E-state index is 12.2. The lowest BCUT2D eigenvalue weighted by molar-refractivity contribution is -0.274. The summed E-state index contributed by atoms with van der Waals surface area (Å²) in [5, 5.41) is 15.9.